The lowest BCUT2D eigenvalue weighted by molar-refractivity contribution is 0.286. The van der Waals surface area contributed by atoms with Crippen LogP contribution >= 0.6 is 0 Å². The fourth-order valence-electron chi connectivity index (χ4n) is 1.38. The fourth-order valence-corrected chi connectivity index (χ4v) is 1.38. The van der Waals surface area contributed by atoms with Gasteiger partial charge < -0.3 is 0 Å². The molecule has 0 spiro atoms. The molecule has 0 aliphatic heterocycles. The number of hydrogen-bond donors (Lipinski definition) is 0. The van der Waals surface area contributed by atoms with Crippen molar-refractivity contribution in [3.63, 3.8) is 0 Å². The van der Waals surface area contributed by atoms with E-state index < -0.39 is 0 Å². The molecule has 0 amide bonds. The van der Waals surface area contributed by atoms with Crippen LogP contribution in [0.5, 0.6) is 0 Å². The molecule has 0 saturated carbocycles. The van der Waals surface area contributed by atoms with Gasteiger partial charge in [0.2, 0.25) is 0 Å². The largest absolute Gasteiger partial charge is 0.291 e. The van der Waals surface area contributed by atoms with Gasteiger partial charge in [0.25, 0.3) is 0 Å². The third kappa shape index (κ3) is 3.20. The first kappa shape index (κ1) is 10.7. The van der Waals surface area contributed by atoms with E-state index in [9.17, 15) is 0 Å². The summed E-state index contributed by atoms with van der Waals surface area (Å²) in [7, 11) is 1.98. The number of nitriles is 1. The lowest BCUT2D eigenvalue weighted by Gasteiger charge is -2.21. The Balaban J connectivity index is 2.49. The van der Waals surface area contributed by atoms with Crippen molar-refractivity contribution < 1.29 is 0 Å². The molecule has 74 valence electrons. The van der Waals surface area contributed by atoms with E-state index in [1.807, 2.05) is 25.2 Å². The Bertz CT molecular complexity index is 300. The normalized spacial score (nSPS) is 12.4. The molecule has 1 rings (SSSR count). The minimum atomic E-state index is 0.414. The SMILES string of the molecule is CC(Cc1ccccc1)N(C)CC#N. The van der Waals surface area contributed by atoms with E-state index in [0.717, 1.165) is 6.42 Å². The molecule has 0 aliphatic rings. The van der Waals surface area contributed by atoms with E-state index >= 15 is 0 Å². The summed E-state index contributed by atoms with van der Waals surface area (Å²) < 4.78 is 0. The highest BCUT2D eigenvalue weighted by Crippen LogP contribution is 2.06. The van der Waals surface area contributed by atoms with Crippen LogP contribution in [-0.2, 0) is 6.42 Å². The second kappa shape index (κ2) is 5.41. The molecule has 0 N–H and O–H groups in total. The van der Waals surface area contributed by atoms with E-state index in [4.69, 9.17) is 5.26 Å². The molecule has 0 saturated heterocycles. The molecule has 2 nitrogen and oxygen atoms in total. The Kier molecular flexibility index (Phi) is 4.15. The minimum Gasteiger partial charge on any atom is -0.291 e. The maximum Gasteiger partial charge on any atom is 0.0865 e. The summed E-state index contributed by atoms with van der Waals surface area (Å²) in [5, 5.41) is 8.56. The van der Waals surface area contributed by atoms with Gasteiger partial charge in [-0.25, -0.2) is 0 Å². The van der Waals surface area contributed by atoms with Gasteiger partial charge in [-0.1, -0.05) is 30.3 Å². The van der Waals surface area contributed by atoms with Crippen molar-refractivity contribution in [3.05, 3.63) is 35.9 Å². The van der Waals surface area contributed by atoms with Crippen LogP contribution in [-0.4, -0.2) is 24.5 Å². The minimum absolute atomic E-state index is 0.414. The second-order valence-electron chi connectivity index (χ2n) is 3.61. The number of likely N-dealkylation sites (N-methyl/N-ethyl adjacent to an activating group) is 1. The van der Waals surface area contributed by atoms with Crippen molar-refractivity contribution in [3.8, 4) is 6.07 Å². The van der Waals surface area contributed by atoms with Crippen LogP contribution in [0, 0.1) is 11.3 Å². The summed E-state index contributed by atoms with van der Waals surface area (Å²) in [5.74, 6) is 0. The molecule has 0 bridgehead atoms. The van der Waals surface area contributed by atoms with Gasteiger partial charge in [0.1, 0.15) is 0 Å². The number of nitrogens with zero attached hydrogens (tertiary/aromatic N) is 2. The molecule has 1 aromatic carbocycles. The first-order valence-electron chi connectivity index (χ1n) is 4.85. The molecule has 1 unspecified atom stereocenters. The Morgan fingerprint density at radius 3 is 2.57 bits per heavy atom. The maximum atomic E-state index is 8.56. The highest BCUT2D eigenvalue weighted by atomic mass is 15.1. The van der Waals surface area contributed by atoms with Gasteiger partial charge in [0.05, 0.1) is 12.6 Å². The van der Waals surface area contributed by atoms with Crippen molar-refractivity contribution in [2.75, 3.05) is 13.6 Å². The van der Waals surface area contributed by atoms with Crippen LogP contribution in [0.3, 0.4) is 0 Å². The third-order valence-corrected chi connectivity index (χ3v) is 2.45. The van der Waals surface area contributed by atoms with Gasteiger partial charge in [-0.3, -0.25) is 4.90 Å². The standard InChI is InChI=1S/C12H16N2/c1-11(14(2)9-8-13)10-12-6-4-3-5-7-12/h3-7,11H,9-10H2,1-2H3. The van der Waals surface area contributed by atoms with E-state index in [0.29, 0.717) is 12.6 Å². The first-order valence-corrected chi connectivity index (χ1v) is 4.85. The highest BCUT2D eigenvalue weighted by Gasteiger charge is 2.08. The average molecular weight is 188 g/mol. The molecular formula is C12H16N2. The molecule has 1 aromatic rings. The zero-order valence-corrected chi connectivity index (χ0v) is 8.77. The number of benzene rings is 1. The van der Waals surface area contributed by atoms with Crippen LogP contribution in [0.1, 0.15) is 12.5 Å². The van der Waals surface area contributed by atoms with Gasteiger partial charge >= 0.3 is 0 Å². The van der Waals surface area contributed by atoms with Gasteiger partial charge in [-0.2, -0.15) is 5.26 Å². The smallest absolute Gasteiger partial charge is 0.0865 e. The quantitative estimate of drug-likeness (QED) is 0.676. The predicted molar refractivity (Wildman–Crippen MR) is 57.9 cm³/mol. The van der Waals surface area contributed by atoms with Crippen molar-refractivity contribution in [2.24, 2.45) is 0 Å². The zero-order chi connectivity index (χ0) is 10.4. The van der Waals surface area contributed by atoms with Crippen LogP contribution in [0.2, 0.25) is 0 Å². The highest BCUT2D eigenvalue weighted by molar-refractivity contribution is 5.15. The van der Waals surface area contributed by atoms with Crippen LogP contribution in [0.15, 0.2) is 30.3 Å². The Labute approximate surface area is 85.8 Å². The zero-order valence-electron chi connectivity index (χ0n) is 8.77. The van der Waals surface area contributed by atoms with Crippen molar-refractivity contribution in [2.45, 2.75) is 19.4 Å². The topological polar surface area (TPSA) is 27.0 Å². The predicted octanol–water partition coefficient (Wildman–Crippen LogP) is 2.07. The maximum absolute atomic E-state index is 8.56. The summed E-state index contributed by atoms with van der Waals surface area (Å²) in [6.45, 7) is 2.64. The summed E-state index contributed by atoms with van der Waals surface area (Å²) >= 11 is 0. The lowest BCUT2D eigenvalue weighted by atomic mass is 10.1. The lowest BCUT2D eigenvalue weighted by Crippen LogP contribution is -2.31. The first-order chi connectivity index (χ1) is 6.74. The molecule has 0 aliphatic carbocycles. The monoisotopic (exact) mass is 188 g/mol. The van der Waals surface area contributed by atoms with Gasteiger partial charge in [0, 0.05) is 6.04 Å². The molecule has 2 heteroatoms. The van der Waals surface area contributed by atoms with E-state index in [-0.39, 0.29) is 0 Å². The van der Waals surface area contributed by atoms with Gasteiger partial charge in [-0.15, -0.1) is 0 Å². The summed E-state index contributed by atoms with van der Waals surface area (Å²) in [4.78, 5) is 2.06. The van der Waals surface area contributed by atoms with Crippen molar-refractivity contribution in [1.82, 2.24) is 4.90 Å². The molecule has 0 fully saturated rings. The molecule has 0 radical (unpaired) electrons. The molecule has 1 atom stereocenters. The Morgan fingerprint density at radius 1 is 1.36 bits per heavy atom. The number of rotatable bonds is 4. The van der Waals surface area contributed by atoms with E-state index in [2.05, 4.69) is 30.0 Å². The second-order valence-corrected chi connectivity index (χ2v) is 3.61. The Hall–Kier alpha value is -1.33. The van der Waals surface area contributed by atoms with Crippen LogP contribution in [0.4, 0.5) is 0 Å². The van der Waals surface area contributed by atoms with Gasteiger partial charge in [0.15, 0.2) is 0 Å². The van der Waals surface area contributed by atoms with Crippen LogP contribution < -0.4 is 0 Å². The van der Waals surface area contributed by atoms with Crippen molar-refractivity contribution >= 4 is 0 Å². The van der Waals surface area contributed by atoms with Crippen LogP contribution in [0.25, 0.3) is 0 Å². The van der Waals surface area contributed by atoms with Crippen molar-refractivity contribution in [1.29, 1.82) is 5.26 Å². The van der Waals surface area contributed by atoms with E-state index in [1.165, 1.54) is 5.56 Å². The molecule has 0 heterocycles. The average Bonchev–Trinajstić information content (AvgIpc) is 2.19. The Morgan fingerprint density at radius 2 is 2.00 bits per heavy atom. The van der Waals surface area contributed by atoms with Gasteiger partial charge in [-0.05, 0) is 26.0 Å². The fraction of sp³-hybridized carbons (Fsp3) is 0.417. The molecule has 14 heavy (non-hydrogen) atoms. The summed E-state index contributed by atoms with van der Waals surface area (Å²) in [6.07, 6.45) is 0.999. The third-order valence-electron chi connectivity index (χ3n) is 2.45. The summed E-state index contributed by atoms with van der Waals surface area (Å²) in [5.41, 5.74) is 1.32. The molecular weight excluding hydrogens is 172 g/mol. The number of hydrogen-bond acceptors (Lipinski definition) is 2. The summed E-state index contributed by atoms with van der Waals surface area (Å²) in [6, 6.07) is 12.9. The molecule has 0 aromatic heterocycles. The van der Waals surface area contributed by atoms with E-state index in [1.54, 1.807) is 0 Å².